The Morgan fingerprint density at radius 2 is 1.96 bits per heavy atom. The van der Waals surface area contributed by atoms with Crippen molar-refractivity contribution < 1.29 is 9.53 Å². The van der Waals surface area contributed by atoms with Gasteiger partial charge in [-0.05, 0) is 46.8 Å². The van der Waals surface area contributed by atoms with Crippen LogP contribution in [0.5, 0.6) is 0 Å². The number of carbonyl (C=O) groups is 1. The summed E-state index contributed by atoms with van der Waals surface area (Å²) < 4.78 is 6.50. The van der Waals surface area contributed by atoms with Gasteiger partial charge in [0.2, 0.25) is 0 Å². The molecule has 2 aromatic heterocycles. The average Bonchev–Trinajstić information content (AvgIpc) is 3.33. The molecule has 5 heteroatoms. The molecule has 1 amide bonds. The van der Waals surface area contributed by atoms with Gasteiger partial charge in [-0.15, -0.1) is 11.3 Å². The lowest BCUT2D eigenvalue weighted by molar-refractivity contribution is 0.0306. The number of amides is 1. The molecule has 26 heavy (non-hydrogen) atoms. The normalized spacial score (nSPS) is 15.0. The summed E-state index contributed by atoms with van der Waals surface area (Å²) in [5, 5.41) is 2.34. The summed E-state index contributed by atoms with van der Waals surface area (Å²) in [6.07, 6.45) is 1.96. The lowest BCUT2D eigenvalue weighted by atomic mass is 10.0. The van der Waals surface area contributed by atoms with E-state index in [0.29, 0.717) is 26.3 Å². The first-order chi connectivity index (χ1) is 12.8. The van der Waals surface area contributed by atoms with Crippen LogP contribution in [0, 0.1) is 0 Å². The van der Waals surface area contributed by atoms with Crippen molar-refractivity contribution in [1.82, 2.24) is 9.88 Å². The molecule has 0 bridgehead atoms. The first kappa shape index (κ1) is 15.6. The van der Waals surface area contributed by atoms with Gasteiger partial charge in [0.15, 0.2) is 0 Å². The number of H-pyrrole nitrogens is 1. The van der Waals surface area contributed by atoms with Gasteiger partial charge in [0.1, 0.15) is 0 Å². The van der Waals surface area contributed by atoms with Crippen LogP contribution in [-0.4, -0.2) is 42.1 Å². The van der Waals surface area contributed by atoms with Crippen LogP contribution in [0.3, 0.4) is 0 Å². The van der Waals surface area contributed by atoms with Gasteiger partial charge in [0, 0.05) is 34.9 Å². The summed E-state index contributed by atoms with van der Waals surface area (Å²) in [6, 6.07) is 16.9. The minimum absolute atomic E-state index is 0.113. The second kappa shape index (κ2) is 6.27. The SMILES string of the molecule is O=C(c1cc2c(-c3ccc4[nH]ccc4c3)cccc2s1)N1CCOCC1. The Balaban J connectivity index is 1.58. The number of hydrogen-bond donors (Lipinski definition) is 1. The van der Waals surface area contributed by atoms with Gasteiger partial charge in [-0.2, -0.15) is 0 Å². The molecule has 2 aromatic carbocycles. The van der Waals surface area contributed by atoms with Crippen molar-refractivity contribution >= 4 is 38.2 Å². The van der Waals surface area contributed by atoms with E-state index in [4.69, 9.17) is 4.74 Å². The highest BCUT2D eigenvalue weighted by atomic mass is 32.1. The molecule has 1 aliphatic rings. The standard InChI is InChI=1S/C21H18N2O2S/c24-21(23-8-10-25-11-9-23)20-13-17-16(2-1-3-19(17)26-20)14-4-5-18-15(12-14)6-7-22-18/h1-7,12-13,22H,8-11H2. The van der Waals surface area contributed by atoms with Crippen molar-refractivity contribution in [2.75, 3.05) is 26.3 Å². The number of nitrogens with one attached hydrogen (secondary N) is 1. The van der Waals surface area contributed by atoms with E-state index >= 15 is 0 Å². The zero-order valence-corrected chi connectivity index (χ0v) is 15.0. The van der Waals surface area contributed by atoms with Gasteiger partial charge in [0.05, 0.1) is 18.1 Å². The maximum atomic E-state index is 12.8. The van der Waals surface area contributed by atoms with Crippen LogP contribution in [0.2, 0.25) is 0 Å². The van der Waals surface area contributed by atoms with Gasteiger partial charge in [-0.3, -0.25) is 4.79 Å². The smallest absolute Gasteiger partial charge is 0.264 e. The Hall–Kier alpha value is -2.63. The van der Waals surface area contributed by atoms with E-state index in [1.54, 1.807) is 11.3 Å². The first-order valence-electron chi connectivity index (χ1n) is 8.77. The fourth-order valence-electron chi connectivity index (χ4n) is 3.56. The van der Waals surface area contributed by atoms with Crippen LogP contribution in [0.1, 0.15) is 9.67 Å². The molecule has 1 saturated heterocycles. The Morgan fingerprint density at radius 3 is 2.85 bits per heavy atom. The number of benzene rings is 2. The Kier molecular flexibility index (Phi) is 3.76. The van der Waals surface area contributed by atoms with Crippen molar-refractivity contribution in [3.63, 3.8) is 0 Å². The van der Waals surface area contributed by atoms with E-state index in [1.165, 1.54) is 16.5 Å². The fraction of sp³-hybridized carbons (Fsp3) is 0.190. The topological polar surface area (TPSA) is 45.3 Å². The first-order valence-corrected chi connectivity index (χ1v) is 9.58. The summed E-state index contributed by atoms with van der Waals surface area (Å²) in [6.45, 7) is 2.59. The monoisotopic (exact) mass is 362 g/mol. The molecule has 130 valence electrons. The molecule has 0 unspecified atom stereocenters. The molecule has 0 saturated carbocycles. The van der Waals surface area contributed by atoms with Crippen LogP contribution in [-0.2, 0) is 4.74 Å². The Labute approximate surface area is 155 Å². The third-order valence-electron chi connectivity index (χ3n) is 4.93. The highest BCUT2D eigenvalue weighted by Crippen LogP contribution is 2.35. The number of fused-ring (bicyclic) bond motifs is 2. The number of aromatic amines is 1. The maximum absolute atomic E-state index is 12.8. The number of hydrogen-bond acceptors (Lipinski definition) is 3. The molecule has 5 rings (SSSR count). The van der Waals surface area contributed by atoms with Crippen LogP contribution >= 0.6 is 11.3 Å². The van der Waals surface area contributed by atoms with Crippen LogP contribution in [0.15, 0.2) is 54.7 Å². The highest BCUT2D eigenvalue weighted by Gasteiger charge is 2.21. The van der Waals surface area contributed by atoms with Crippen LogP contribution in [0.25, 0.3) is 32.1 Å². The number of rotatable bonds is 2. The van der Waals surface area contributed by atoms with Crippen molar-refractivity contribution in [2.24, 2.45) is 0 Å². The molecular weight excluding hydrogens is 344 g/mol. The summed E-state index contributed by atoms with van der Waals surface area (Å²) >= 11 is 1.57. The van der Waals surface area contributed by atoms with Gasteiger partial charge in [-0.1, -0.05) is 18.2 Å². The number of morpholine rings is 1. The fourth-order valence-corrected chi connectivity index (χ4v) is 4.62. The predicted molar refractivity (Wildman–Crippen MR) is 106 cm³/mol. The van der Waals surface area contributed by atoms with Crippen LogP contribution < -0.4 is 0 Å². The molecule has 4 aromatic rings. The predicted octanol–water partition coefficient (Wildman–Crippen LogP) is 4.52. The third kappa shape index (κ3) is 2.60. The summed E-state index contributed by atoms with van der Waals surface area (Å²) in [5.41, 5.74) is 3.48. The Bertz CT molecular complexity index is 1110. The van der Waals surface area contributed by atoms with E-state index in [1.807, 2.05) is 11.1 Å². The van der Waals surface area contributed by atoms with Gasteiger partial charge < -0.3 is 14.6 Å². The average molecular weight is 362 g/mol. The number of aromatic nitrogens is 1. The molecule has 1 aliphatic heterocycles. The Morgan fingerprint density at radius 1 is 1.08 bits per heavy atom. The molecule has 0 atom stereocenters. The second-order valence-corrected chi connectivity index (χ2v) is 7.60. The molecule has 4 nitrogen and oxygen atoms in total. The van der Waals surface area contributed by atoms with Gasteiger partial charge in [-0.25, -0.2) is 0 Å². The molecule has 0 radical (unpaired) electrons. The second-order valence-electron chi connectivity index (χ2n) is 6.51. The molecule has 0 aliphatic carbocycles. The molecular formula is C21H18N2O2S. The summed E-state index contributed by atoms with van der Waals surface area (Å²) in [5.74, 6) is 0.113. The quantitative estimate of drug-likeness (QED) is 0.570. The van der Waals surface area contributed by atoms with E-state index in [2.05, 4.69) is 53.5 Å². The van der Waals surface area contributed by atoms with Crippen molar-refractivity contribution in [1.29, 1.82) is 0 Å². The van der Waals surface area contributed by atoms with E-state index < -0.39 is 0 Å². The zero-order chi connectivity index (χ0) is 17.5. The van der Waals surface area contributed by atoms with Crippen molar-refractivity contribution in [2.45, 2.75) is 0 Å². The number of thiophene rings is 1. The van der Waals surface area contributed by atoms with Gasteiger partial charge >= 0.3 is 0 Å². The molecule has 1 fully saturated rings. The van der Waals surface area contributed by atoms with Gasteiger partial charge in [0.25, 0.3) is 5.91 Å². The summed E-state index contributed by atoms with van der Waals surface area (Å²) in [4.78, 5) is 18.8. The van der Waals surface area contributed by atoms with E-state index in [0.717, 1.165) is 20.5 Å². The maximum Gasteiger partial charge on any atom is 0.264 e. The van der Waals surface area contributed by atoms with Crippen molar-refractivity contribution in [3.05, 3.63) is 59.6 Å². The minimum atomic E-state index is 0.113. The van der Waals surface area contributed by atoms with Crippen molar-refractivity contribution in [3.8, 4) is 11.1 Å². The zero-order valence-electron chi connectivity index (χ0n) is 14.2. The lowest BCUT2D eigenvalue weighted by Crippen LogP contribution is -2.40. The molecule has 3 heterocycles. The minimum Gasteiger partial charge on any atom is -0.378 e. The lowest BCUT2D eigenvalue weighted by Gasteiger charge is -2.26. The number of carbonyl (C=O) groups excluding carboxylic acids is 1. The van der Waals surface area contributed by atoms with E-state index in [9.17, 15) is 4.79 Å². The molecule has 1 N–H and O–H groups in total. The molecule has 0 spiro atoms. The summed E-state index contributed by atoms with van der Waals surface area (Å²) in [7, 11) is 0. The number of ether oxygens (including phenoxy) is 1. The van der Waals surface area contributed by atoms with E-state index in [-0.39, 0.29) is 5.91 Å². The largest absolute Gasteiger partial charge is 0.378 e. The highest BCUT2D eigenvalue weighted by molar-refractivity contribution is 7.20. The van der Waals surface area contributed by atoms with Crippen LogP contribution in [0.4, 0.5) is 0 Å². The number of nitrogens with zero attached hydrogens (tertiary/aromatic N) is 1. The third-order valence-corrected chi connectivity index (χ3v) is 6.02.